The Morgan fingerprint density at radius 2 is 2.17 bits per heavy atom. The summed E-state index contributed by atoms with van der Waals surface area (Å²) < 4.78 is 4.89. The minimum absolute atomic E-state index is 0.238. The van der Waals surface area contributed by atoms with Gasteiger partial charge in [0.05, 0.1) is 0 Å². The van der Waals surface area contributed by atoms with E-state index in [2.05, 4.69) is 14.7 Å². The van der Waals surface area contributed by atoms with E-state index in [9.17, 15) is 9.59 Å². The lowest BCUT2D eigenvalue weighted by Gasteiger charge is -2.11. The van der Waals surface area contributed by atoms with Crippen LogP contribution in [0.25, 0.3) is 0 Å². The van der Waals surface area contributed by atoms with Crippen molar-refractivity contribution >= 4 is 35.2 Å². The van der Waals surface area contributed by atoms with Gasteiger partial charge >= 0.3 is 5.97 Å². The SMILES string of the molecule is CC(=O)NC(CSc1nc(C(C)C)ns1)C(=O)O. The summed E-state index contributed by atoms with van der Waals surface area (Å²) in [5.74, 6) is -0.161. The third-order valence-corrected chi connectivity index (χ3v) is 3.93. The fourth-order valence-electron chi connectivity index (χ4n) is 1.09. The highest BCUT2D eigenvalue weighted by Gasteiger charge is 2.19. The molecule has 0 aromatic carbocycles. The number of nitrogens with one attached hydrogen (secondary N) is 1. The molecule has 6 nitrogen and oxygen atoms in total. The molecule has 1 unspecified atom stereocenters. The predicted octanol–water partition coefficient (Wildman–Crippen LogP) is 1.34. The van der Waals surface area contributed by atoms with Gasteiger partial charge < -0.3 is 10.4 Å². The Morgan fingerprint density at radius 1 is 1.50 bits per heavy atom. The Kier molecular flexibility index (Phi) is 5.54. The van der Waals surface area contributed by atoms with Crippen LogP contribution in [0.1, 0.15) is 32.5 Å². The van der Waals surface area contributed by atoms with Crippen LogP contribution in [0, 0.1) is 0 Å². The first-order valence-electron chi connectivity index (χ1n) is 5.36. The van der Waals surface area contributed by atoms with Crippen molar-refractivity contribution in [3.8, 4) is 0 Å². The molecule has 1 amide bonds. The average Bonchev–Trinajstić information content (AvgIpc) is 2.72. The number of hydrogen-bond donors (Lipinski definition) is 2. The van der Waals surface area contributed by atoms with Crippen LogP contribution in [0.4, 0.5) is 0 Å². The van der Waals surface area contributed by atoms with Gasteiger partial charge in [0.15, 0.2) is 4.34 Å². The lowest BCUT2D eigenvalue weighted by atomic mass is 10.2. The minimum Gasteiger partial charge on any atom is -0.480 e. The Bertz CT molecular complexity index is 434. The van der Waals surface area contributed by atoms with Gasteiger partial charge in [0.2, 0.25) is 5.91 Å². The van der Waals surface area contributed by atoms with E-state index in [1.54, 1.807) is 0 Å². The molecule has 0 aliphatic heterocycles. The van der Waals surface area contributed by atoms with E-state index in [1.165, 1.54) is 30.2 Å². The quantitative estimate of drug-likeness (QED) is 0.768. The second kappa shape index (κ2) is 6.69. The Balaban J connectivity index is 2.55. The minimum atomic E-state index is -1.05. The molecule has 0 aliphatic rings. The lowest BCUT2D eigenvalue weighted by Crippen LogP contribution is -2.41. The van der Waals surface area contributed by atoms with Crippen LogP contribution in [-0.4, -0.2) is 38.1 Å². The normalized spacial score (nSPS) is 12.4. The van der Waals surface area contributed by atoms with E-state index in [4.69, 9.17) is 5.11 Å². The maximum Gasteiger partial charge on any atom is 0.327 e. The molecule has 1 aromatic rings. The number of carbonyl (C=O) groups is 2. The Morgan fingerprint density at radius 3 is 2.61 bits per heavy atom. The number of thioether (sulfide) groups is 1. The summed E-state index contributed by atoms with van der Waals surface area (Å²) in [6.45, 7) is 5.28. The summed E-state index contributed by atoms with van der Waals surface area (Å²) >= 11 is 2.53. The van der Waals surface area contributed by atoms with E-state index in [0.717, 1.165) is 10.2 Å². The van der Waals surface area contributed by atoms with E-state index in [1.807, 2.05) is 13.8 Å². The van der Waals surface area contributed by atoms with E-state index < -0.39 is 12.0 Å². The molecule has 0 aliphatic carbocycles. The number of rotatable bonds is 6. The van der Waals surface area contributed by atoms with E-state index in [-0.39, 0.29) is 17.6 Å². The van der Waals surface area contributed by atoms with Crippen molar-refractivity contribution in [1.29, 1.82) is 0 Å². The average molecular weight is 289 g/mol. The van der Waals surface area contributed by atoms with Crippen LogP contribution >= 0.6 is 23.3 Å². The van der Waals surface area contributed by atoms with Gasteiger partial charge in [-0.25, -0.2) is 9.78 Å². The highest BCUT2D eigenvalue weighted by molar-refractivity contribution is 8.01. The van der Waals surface area contributed by atoms with Crippen LogP contribution in [0.3, 0.4) is 0 Å². The van der Waals surface area contributed by atoms with Crippen molar-refractivity contribution in [2.75, 3.05) is 5.75 Å². The monoisotopic (exact) mass is 289 g/mol. The van der Waals surface area contributed by atoms with Crippen LogP contribution < -0.4 is 5.32 Å². The highest BCUT2D eigenvalue weighted by Crippen LogP contribution is 2.23. The smallest absolute Gasteiger partial charge is 0.327 e. The van der Waals surface area contributed by atoms with Crippen LogP contribution in [-0.2, 0) is 9.59 Å². The lowest BCUT2D eigenvalue weighted by molar-refractivity contribution is -0.140. The molecule has 2 N–H and O–H groups in total. The van der Waals surface area contributed by atoms with Gasteiger partial charge in [-0.15, -0.1) is 0 Å². The molecule has 18 heavy (non-hydrogen) atoms. The molecule has 8 heteroatoms. The maximum absolute atomic E-state index is 10.9. The number of carboxylic acid groups (broad SMARTS) is 1. The predicted molar refractivity (Wildman–Crippen MR) is 70.0 cm³/mol. The summed E-state index contributed by atoms with van der Waals surface area (Å²) in [5.41, 5.74) is 0. The summed E-state index contributed by atoms with van der Waals surface area (Å²) in [5, 5.41) is 11.3. The van der Waals surface area contributed by atoms with Gasteiger partial charge in [-0.1, -0.05) is 25.6 Å². The van der Waals surface area contributed by atoms with E-state index >= 15 is 0 Å². The fourth-order valence-corrected chi connectivity index (χ4v) is 2.87. The molecule has 0 spiro atoms. The number of nitrogens with zero attached hydrogens (tertiary/aromatic N) is 2. The second-order valence-corrected chi connectivity index (χ2v) is 5.99. The first-order valence-corrected chi connectivity index (χ1v) is 7.12. The van der Waals surface area contributed by atoms with Crippen molar-refractivity contribution in [2.24, 2.45) is 0 Å². The molecule has 1 heterocycles. The summed E-state index contributed by atoms with van der Waals surface area (Å²) in [4.78, 5) is 26.0. The highest BCUT2D eigenvalue weighted by atomic mass is 32.2. The van der Waals surface area contributed by atoms with Crippen molar-refractivity contribution in [3.63, 3.8) is 0 Å². The van der Waals surface area contributed by atoms with Crippen molar-refractivity contribution in [1.82, 2.24) is 14.7 Å². The molecule has 0 radical (unpaired) electrons. The van der Waals surface area contributed by atoms with Crippen LogP contribution in [0.15, 0.2) is 4.34 Å². The molecule has 0 saturated heterocycles. The van der Waals surface area contributed by atoms with Crippen molar-refractivity contribution in [3.05, 3.63) is 5.82 Å². The Labute approximate surface area is 113 Å². The molecular weight excluding hydrogens is 274 g/mol. The van der Waals surface area contributed by atoms with E-state index in [0.29, 0.717) is 0 Å². The molecule has 1 aromatic heterocycles. The van der Waals surface area contributed by atoms with Gasteiger partial charge in [0.1, 0.15) is 11.9 Å². The number of aromatic nitrogens is 2. The van der Waals surface area contributed by atoms with Crippen LogP contribution in [0.5, 0.6) is 0 Å². The van der Waals surface area contributed by atoms with Gasteiger partial charge in [-0.05, 0) is 11.5 Å². The number of aliphatic carboxylic acids is 1. The number of hydrogen-bond acceptors (Lipinski definition) is 6. The largest absolute Gasteiger partial charge is 0.480 e. The third-order valence-electron chi connectivity index (χ3n) is 1.99. The topological polar surface area (TPSA) is 92.2 Å². The van der Waals surface area contributed by atoms with Gasteiger partial charge in [-0.3, -0.25) is 4.79 Å². The molecule has 100 valence electrons. The summed E-state index contributed by atoms with van der Waals surface area (Å²) in [7, 11) is 0. The zero-order valence-corrected chi connectivity index (χ0v) is 12.0. The zero-order chi connectivity index (χ0) is 13.7. The molecule has 1 atom stereocenters. The van der Waals surface area contributed by atoms with Crippen LogP contribution in [0.2, 0.25) is 0 Å². The molecule has 0 fully saturated rings. The standard InChI is InChI=1S/C10H15N3O3S2/c1-5(2)8-12-10(18-13-8)17-4-7(9(15)16)11-6(3)14/h5,7H,4H2,1-3H3,(H,11,14)(H,15,16). The van der Waals surface area contributed by atoms with Crippen molar-refractivity contribution in [2.45, 2.75) is 37.1 Å². The first-order chi connectivity index (χ1) is 8.40. The second-order valence-electron chi connectivity index (χ2n) is 3.98. The zero-order valence-electron chi connectivity index (χ0n) is 10.3. The molecule has 1 rings (SSSR count). The van der Waals surface area contributed by atoms with Gasteiger partial charge in [0, 0.05) is 18.6 Å². The Hall–Kier alpha value is -1.15. The molecule has 0 bridgehead atoms. The third kappa shape index (κ3) is 4.61. The summed E-state index contributed by atoms with van der Waals surface area (Å²) in [6.07, 6.45) is 0. The van der Waals surface area contributed by atoms with Crippen molar-refractivity contribution < 1.29 is 14.7 Å². The first kappa shape index (κ1) is 14.9. The van der Waals surface area contributed by atoms with Gasteiger partial charge in [-0.2, -0.15) is 4.37 Å². The summed E-state index contributed by atoms with van der Waals surface area (Å²) in [6, 6.07) is -0.904. The number of carbonyl (C=O) groups excluding carboxylic acids is 1. The number of amides is 1. The molecule has 0 saturated carbocycles. The molecular formula is C10H15N3O3S2. The number of carboxylic acids is 1. The van der Waals surface area contributed by atoms with Gasteiger partial charge in [0.25, 0.3) is 0 Å². The fraction of sp³-hybridized carbons (Fsp3) is 0.600. The maximum atomic E-state index is 10.9.